The van der Waals surface area contributed by atoms with Gasteiger partial charge in [-0.3, -0.25) is 9.59 Å². The smallest absolute Gasteiger partial charge is 0.345 e. The number of aromatic amines is 1. The Morgan fingerprint density at radius 3 is 2.70 bits per heavy atom. The zero-order chi connectivity index (χ0) is 38.0. The van der Waals surface area contributed by atoms with Crippen LogP contribution in [0, 0.1) is 5.41 Å². The Kier molecular flexibility index (Phi) is 11.8. The predicted octanol–water partition coefficient (Wildman–Crippen LogP) is 5.87. The van der Waals surface area contributed by atoms with E-state index in [1.807, 2.05) is 22.9 Å². The van der Waals surface area contributed by atoms with Crippen LogP contribution in [0.25, 0.3) is 10.2 Å². The Balaban J connectivity index is 0.848. The average Bonchev–Trinajstić information content (AvgIpc) is 3.95. The van der Waals surface area contributed by atoms with Crippen LogP contribution in [0.15, 0.2) is 58.1 Å². The summed E-state index contributed by atoms with van der Waals surface area (Å²) >= 11 is 10.4. The van der Waals surface area contributed by atoms with Crippen LogP contribution in [-0.4, -0.2) is 81.7 Å². The predicted molar refractivity (Wildman–Crippen MR) is 213 cm³/mol. The average molecular weight is 815 g/mol. The number of carbonyl (C=O) groups is 2. The molecule has 288 valence electrons. The minimum atomic E-state index is -1.66. The number of likely N-dealkylation sites (tertiary alicyclic amines) is 1. The molecule has 16 heteroatoms. The number of aliphatic hydroxyl groups excluding tert-OH is 1. The van der Waals surface area contributed by atoms with Crippen molar-refractivity contribution in [2.24, 2.45) is 5.41 Å². The third-order valence-electron chi connectivity index (χ3n) is 10.8. The van der Waals surface area contributed by atoms with Crippen molar-refractivity contribution in [1.82, 2.24) is 15.2 Å². The first-order valence-electron chi connectivity index (χ1n) is 17.9. The van der Waals surface area contributed by atoms with Gasteiger partial charge in [0.1, 0.15) is 23.1 Å². The summed E-state index contributed by atoms with van der Waals surface area (Å²) < 4.78 is 12.0. The lowest BCUT2D eigenvalue weighted by Crippen LogP contribution is -2.53. The molecule has 1 aliphatic carbocycles. The summed E-state index contributed by atoms with van der Waals surface area (Å²) in [5, 5.41) is 42.5. The van der Waals surface area contributed by atoms with Gasteiger partial charge in [0.2, 0.25) is 11.5 Å². The highest BCUT2D eigenvalue weighted by molar-refractivity contribution is 8.03. The highest BCUT2D eigenvalue weighted by Gasteiger charge is 2.53. The molecule has 1 spiro atoms. The number of aromatic hydroxyl groups is 1. The molecular formula is C38H43ClN4O8S3. The maximum Gasteiger partial charge on any atom is 0.345 e. The van der Waals surface area contributed by atoms with Crippen LogP contribution in [0.1, 0.15) is 60.6 Å². The topological polar surface area (TPSA) is 173 Å². The Bertz CT molecular complexity index is 2060. The number of allylic oxidation sites excluding steroid dienone is 1. The minimum Gasteiger partial charge on any atom is -0.506 e. The number of nitrogens with zero attached hydrogens (tertiary/aromatic N) is 1. The molecule has 0 bridgehead atoms. The number of fused-ring (bicyclic) bond motifs is 1. The Morgan fingerprint density at radius 2 is 2.00 bits per heavy atom. The van der Waals surface area contributed by atoms with Gasteiger partial charge in [-0.25, -0.2) is 4.79 Å². The second-order valence-electron chi connectivity index (χ2n) is 14.2. The van der Waals surface area contributed by atoms with Crippen molar-refractivity contribution in [1.29, 1.82) is 0 Å². The van der Waals surface area contributed by atoms with E-state index in [9.17, 15) is 29.7 Å². The van der Waals surface area contributed by atoms with Gasteiger partial charge in [-0.05, 0) is 79.6 Å². The number of phenols is 1. The number of carbonyl (C=O) groups excluding carboxylic acids is 2. The molecule has 3 aliphatic rings. The Hall–Kier alpha value is -3.41. The number of halogens is 1. The van der Waals surface area contributed by atoms with Crippen LogP contribution in [0.3, 0.4) is 0 Å². The monoisotopic (exact) mass is 814 g/mol. The number of nitrogens with one attached hydrogen (secondary N) is 3. The number of thiophene rings is 1. The van der Waals surface area contributed by atoms with Crippen molar-refractivity contribution in [2.75, 3.05) is 38.6 Å². The van der Waals surface area contributed by atoms with E-state index < -0.39 is 17.7 Å². The molecule has 2 unspecified atom stereocenters. The summed E-state index contributed by atoms with van der Waals surface area (Å²) in [5.74, 6) is -0.254. The number of phenolic OH excluding ortho intramolecular Hbond substituents is 1. The molecule has 1 saturated heterocycles. The molecular weight excluding hydrogens is 772 g/mol. The fraction of sp³-hybridized carbons (Fsp3) is 0.447. The van der Waals surface area contributed by atoms with Crippen molar-refractivity contribution in [2.45, 2.75) is 68.1 Å². The number of anilines is 1. The normalized spacial score (nSPS) is 20.1. The molecule has 0 radical (unpaired) electrons. The molecule has 4 aromatic rings. The number of piperidine rings is 1. The molecule has 3 atom stereocenters. The van der Waals surface area contributed by atoms with E-state index >= 15 is 0 Å². The number of hydrogen-bond donors (Lipinski definition) is 6. The Morgan fingerprint density at radius 1 is 1.20 bits per heavy atom. The molecule has 2 aromatic heterocycles. The summed E-state index contributed by atoms with van der Waals surface area (Å²) in [5.41, 5.74) is 0.462. The summed E-state index contributed by atoms with van der Waals surface area (Å²) in [7, 11) is 1.53. The summed E-state index contributed by atoms with van der Waals surface area (Å²) in [6.45, 7) is 2.78. The van der Waals surface area contributed by atoms with Gasteiger partial charge in [0.25, 0.3) is 0 Å². The summed E-state index contributed by atoms with van der Waals surface area (Å²) in [4.78, 5) is 43.4. The van der Waals surface area contributed by atoms with Gasteiger partial charge in [0.05, 0.1) is 33.9 Å². The second-order valence-corrected chi connectivity index (χ2v) is 17.7. The van der Waals surface area contributed by atoms with Crippen molar-refractivity contribution in [3.05, 3.63) is 84.0 Å². The molecule has 7 rings (SSSR count). The maximum absolute atomic E-state index is 13.4. The van der Waals surface area contributed by atoms with Gasteiger partial charge in [0.15, 0.2) is 0 Å². The number of thioether (sulfide) groups is 1. The van der Waals surface area contributed by atoms with Crippen LogP contribution in [0.4, 0.5) is 5.69 Å². The number of aromatic nitrogens is 1. The molecule has 2 aromatic carbocycles. The third-order valence-corrected chi connectivity index (χ3v) is 14.2. The van der Waals surface area contributed by atoms with E-state index in [0.717, 1.165) is 55.7 Å². The minimum absolute atomic E-state index is 0.0543. The van der Waals surface area contributed by atoms with Crippen LogP contribution >= 0.6 is 46.0 Å². The van der Waals surface area contributed by atoms with E-state index in [1.165, 1.54) is 36.3 Å². The van der Waals surface area contributed by atoms with E-state index in [1.54, 1.807) is 24.3 Å². The number of benzene rings is 2. The van der Waals surface area contributed by atoms with Crippen LogP contribution in [0.2, 0.25) is 5.02 Å². The number of methoxy groups -OCH3 is 1. The molecule has 2 fully saturated rings. The largest absolute Gasteiger partial charge is 0.506 e. The molecule has 54 heavy (non-hydrogen) atoms. The van der Waals surface area contributed by atoms with E-state index in [4.69, 9.17) is 21.1 Å². The molecule has 4 heterocycles. The lowest BCUT2D eigenvalue weighted by molar-refractivity contribution is -0.186. The number of hydrogen-bond acceptors (Lipinski definition) is 13. The maximum atomic E-state index is 13.4. The number of amides is 1. The van der Waals surface area contributed by atoms with E-state index in [-0.39, 0.29) is 39.8 Å². The first kappa shape index (κ1) is 38.8. The third kappa shape index (κ3) is 8.10. The Labute approximate surface area is 329 Å². The molecule has 2 aliphatic heterocycles. The number of H-pyrrole nitrogens is 1. The standard InChI is InChI=1S/C38H43ClN4O8S3/c1-50-29-17-26(25(39)16-22(29)20-40-21-28(45)24-6-7-27(44)33-34(24)54-36(48)42-33)41-32(46)8-11-43-12-9-37(10-13-43)18-23(19-37)51-35(47)38(49,30-4-2-14-52-30)31-5-3-15-53-31/h2-4,6-7,14-17,23,28,31,40,44-45,49H,5,8-13,18-21H2,1H3,(H,41,46)(H,42,48)/t28-,31?,38?/m0/s1. The quantitative estimate of drug-likeness (QED) is 0.0842. The molecule has 1 amide bonds. The van der Waals surface area contributed by atoms with Crippen molar-refractivity contribution in [3.63, 3.8) is 0 Å². The zero-order valence-electron chi connectivity index (χ0n) is 29.6. The fourth-order valence-electron chi connectivity index (χ4n) is 7.68. The summed E-state index contributed by atoms with van der Waals surface area (Å²) in [6.07, 6.45) is 5.24. The second kappa shape index (κ2) is 16.4. The van der Waals surface area contributed by atoms with Gasteiger partial charge in [-0.1, -0.05) is 41.1 Å². The van der Waals surface area contributed by atoms with E-state index in [2.05, 4.69) is 20.5 Å². The van der Waals surface area contributed by atoms with Crippen molar-refractivity contribution < 1.29 is 34.4 Å². The van der Waals surface area contributed by atoms with Gasteiger partial charge in [0, 0.05) is 48.1 Å². The van der Waals surface area contributed by atoms with Crippen molar-refractivity contribution >= 4 is 73.8 Å². The fourth-order valence-corrected chi connectivity index (χ4v) is 10.8. The summed E-state index contributed by atoms with van der Waals surface area (Å²) in [6, 6.07) is 10.1. The lowest BCUT2D eigenvalue weighted by atomic mass is 9.61. The van der Waals surface area contributed by atoms with Crippen LogP contribution < -0.4 is 20.2 Å². The van der Waals surface area contributed by atoms with Crippen molar-refractivity contribution in [3.8, 4) is 11.5 Å². The number of thiazole rings is 1. The number of aliphatic hydroxyl groups is 2. The van der Waals surface area contributed by atoms with Gasteiger partial charge < -0.3 is 45.3 Å². The van der Waals surface area contributed by atoms with Gasteiger partial charge >= 0.3 is 10.8 Å². The zero-order valence-corrected chi connectivity index (χ0v) is 32.8. The van der Waals surface area contributed by atoms with Gasteiger partial charge in [-0.2, -0.15) is 0 Å². The molecule has 12 nitrogen and oxygen atoms in total. The van der Waals surface area contributed by atoms with Crippen LogP contribution in [0.5, 0.6) is 11.5 Å². The SMILES string of the molecule is COc1cc(NC(=O)CCN2CCC3(CC2)CC(OC(=O)C(O)(c2cccs2)C2CC=CS2)C3)c(Cl)cc1CNC[C@H](O)c1ccc(O)c2[nH]c(=O)sc12. The first-order chi connectivity index (χ1) is 26.0. The lowest BCUT2D eigenvalue weighted by Gasteiger charge is -2.52. The van der Waals surface area contributed by atoms with Crippen LogP contribution in [-0.2, 0) is 26.5 Å². The molecule has 1 saturated carbocycles. The van der Waals surface area contributed by atoms with Gasteiger partial charge in [-0.15, -0.1) is 23.1 Å². The van der Waals surface area contributed by atoms with E-state index in [0.29, 0.717) is 63.0 Å². The highest BCUT2D eigenvalue weighted by Crippen LogP contribution is 2.51. The number of ether oxygens (including phenoxy) is 2. The highest BCUT2D eigenvalue weighted by atomic mass is 35.5. The number of esters is 1. The number of rotatable bonds is 14. The molecule has 6 N–H and O–H groups in total. The first-order valence-corrected chi connectivity index (χ1v) is 20.9.